The van der Waals surface area contributed by atoms with E-state index in [1.165, 1.54) is 0 Å². The maximum Gasteiger partial charge on any atom is 0.422 e. The van der Waals surface area contributed by atoms with Gasteiger partial charge in [0.1, 0.15) is 5.60 Å². The monoisotopic (exact) mass is 423 g/mol. The van der Waals surface area contributed by atoms with Gasteiger partial charge in [-0.15, -0.1) is 0 Å². The molecule has 1 aromatic carbocycles. The van der Waals surface area contributed by atoms with Crippen LogP contribution < -0.4 is 16.2 Å². The first-order valence-electron chi connectivity index (χ1n) is 10.0. The smallest absolute Gasteiger partial charge is 0.422 e. The molecule has 3 rings (SSSR count). The molecule has 2 aromatic heterocycles. The molecule has 9 nitrogen and oxygen atoms in total. The van der Waals surface area contributed by atoms with E-state index in [0.717, 1.165) is 33.8 Å². The van der Waals surface area contributed by atoms with Gasteiger partial charge in [-0.2, -0.15) is 5.10 Å². The summed E-state index contributed by atoms with van der Waals surface area (Å²) in [5.41, 5.74) is 10.7. The molecular weight excluding hydrogens is 394 g/mol. The van der Waals surface area contributed by atoms with Crippen molar-refractivity contribution in [2.45, 2.75) is 46.8 Å². The second-order valence-corrected chi connectivity index (χ2v) is 8.23. The number of benzene rings is 1. The summed E-state index contributed by atoms with van der Waals surface area (Å²) in [6.07, 6.45) is 2.96. The van der Waals surface area contributed by atoms with Crippen LogP contribution in [-0.2, 0) is 18.3 Å². The average molecular weight is 424 g/mol. The van der Waals surface area contributed by atoms with Crippen molar-refractivity contribution in [1.29, 1.82) is 0 Å². The van der Waals surface area contributed by atoms with Crippen LogP contribution in [-0.4, -0.2) is 31.4 Å². The minimum Gasteiger partial charge on any atom is -0.443 e. The highest BCUT2D eigenvalue weighted by atomic mass is 16.6. The first kappa shape index (κ1) is 22.2. The van der Waals surface area contributed by atoms with Crippen LogP contribution in [0.25, 0.3) is 11.3 Å². The van der Waals surface area contributed by atoms with Crippen molar-refractivity contribution in [3.05, 3.63) is 53.5 Å². The van der Waals surface area contributed by atoms with Crippen LogP contribution in [0.2, 0.25) is 0 Å². The van der Waals surface area contributed by atoms with Gasteiger partial charge in [0, 0.05) is 25.4 Å². The number of carbonyl (C=O) groups is 1. The van der Waals surface area contributed by atoms with Crippen LogP contribution >= 0.6 is 0 Å². The van der Waals surface area contributed by atoms with E-state index in [0.29, 0.717) is 12.5 Å². The topological polar surface area (TPSA) is 106 Å². The zero-order chi connectivity index (χ0) is 22.6. The van der Waals surface area contributed by atoms with E-state index in [-0.39, 0.29) is 0 Å². The Balaban J connectivity index is 1.72. The molecule has 31 heavy (non-hydrogen) atoms. The fourth-order valence-electron chi connectivity index (χ4n) is 2.98. The molecule has 3 aromatic rings. The minimum atomic E-state index is -0.547. The zero-order valence-corrected chi connectivity index (χ0v) is 18.8. The van der Waals surface area contributed by atoms with Crippen molar-refractivity contribution in [1.82, 2.24) is 30.6 Å². The number of ether oxygens (including phenoxy) is 1. The molecule has 9 heteroatoms. The Hall–Kier alpha value is -3.46. The molecule has 0 fully saturated rings. The summed E-state index contributed by atoms with van der Waals surface area (Å²) in [6.45, 7) is 9.91. The van der Waals surface area contributed by atoms with Crippen molar-refractivity contribution < 1.29 is 9.53 Å². The van der Waals surface area contributed by atoms with Gasteiger partial charge >= 0.3 is 6.09 Å². The molecule has 0 aliphatic carbocycles. The van der Waals surface area contributed by atoms with Crippen LogP contribution in [0.15, 0.2) is 36.7 Å². The number of anilines is 2. The van der Waals surface area contributed by atoms with E-state index in [4.69, 9.17) is 4.74 Å². The number of hydrazine groups is 1. The Morgan fingerprint density at radius 2 is 1.97 bits per heavy atom. The van der Waals surface area contributed by atoms with Crippen molar-refractivity contribution in [2.75, 3.05) is 5.32 Å². The largest absolute Gasteiger partial charge is 0.443 e. The van der Waals surface area contributed by atoms with Gasteiger partial charge in [-0.1, -0.05) is 18.2 Å². The molecule has 0 unspecified atom stereocenters. The van der Waals surface area contributed by atoms with Crippen LogP contribution in [0.4, 0.5) is 16.4 Å². The third-order valence-corrected chi connectivity index (χ3v) is 4.73. The highest BCUT2D eigenvalue weighted by molar-refractivity contribution is 5.68. The standard InChI is InChI=1S/C22H29N7O2/c1-14-16(12-24-28-21(30)31-22(3,4)5)8-7-9-17(14)18-10-11-23-20(26-18)27-19-13-25-29(6)15(19)2/h7-11,13,24H,12H2,1-6H3,(H,28,30)(H,23,26,27). The number of amides is 1. The maximum absolute atomic E-state index is 11.8. The van der Waals surface area contributed by atoms with E-state index in [1.807, 2.05) is 65.9 Å². The minimum absolute atomic E-state index is 0.448. The van der Waals surface area contributed by atoms with Gasteiger partial charge in [0.2, 0.25) is 5.95 Å². The summed E-state index contributed by atoms with van der Waals surface area (Å²) in [5.74, 6) is 0.503. The van der Waals surface area contributed by atoms with Crippen LogP contribution in [0.1, 0.15) is 37.6 Å². The van der Waals surface area contributed by atoms with Crippen molar-refractivity contribution in [2.24, 2.45) is 7.05 Å². The molecule has 164 valence electrons. The third kappa shape index (κ3) is 5.79. The molecule has 0 spiro atoms. The molecule has 0 radical (unpaired) electrons. The Labute approximate surface area is 182 Å². The fourth-order valence-corrected chi connectivity index (χ4v) is 2.98. The van der Waals surface area contributed by atoms with Gasteiger partial charge in [-0.25, -0.2) is 20.2 Å². The molecule has 0 saturated heterocycles. The molecule has 0 atom stereocenters. The maximum atomic E-state index is 11.8. The summed E-state index contributed by atoms with van der Waals surface area (Å²) in [7, 11) is 1.89. The number of nitrogens with zero attached hydrogens (tertiary/aromatic N) is 4. The summed E-state index contributed by atoms with van der Waals surface area (Å²) >= 11 is 0. The van der Waals surface area contributed by atoms with Gasteiger partial charge in [-0.05, 0) is 51.8 Å². The van der Waals surface area contributed by atoms with Crippen LogP contribution in [0.5, 0.6) is 0 Å². The Kier molecular flexibility index (Phi) is 6.55. The lowest BCUT2D eigenvalue weighted by molar-refractivity contribution is 0.0497. The second-order valence-electron chi connectivity index (χ2n) is 8.23. The number of rotatable bonds is 6. The summed E-state index contributed by atoms with van der Waals surface area (Å²) < 4.78 is 7.02. The Bertz CT molecular complexity index is 1070. The SMILES string of the molecule is Cc1c(CNNC(=O)OC(C)(C)C)cccc1-c1ccnc(Nc2cnn(C)c2C)n1. The van der Waals surface area contributed by atoms with E-state index in [1.54, 1.807) is 17.1 Å². The van der Waals surface area contributed by atoms with Crippen molar-refractivity contribution >= 4 is 17.7 Å². The number of carbonyl (C=O) groups excluding carboxylic acids is 1. The molecule has 0 aliphatic heterocycles. The predicted octanol–water partition coefficient (Wildman–Crippen LogP) is 3.77. The molecule has 0 saturated carbocycles. The third-order valence-electron chi connectivity index (χ3n) is 4.73. The normalized spacial score (nSPS) is 11.3. The first-order chi connectivity index (χ1) is 14.6. The number of nitrogens with one attached hydrogen (secondary N) is 3. The van der Waals surface area contributed by atoms with E-state index < -0.39 is 11.7 Å². The average Bonchev–Trinajstić information content (AvgIpc) is 3.00. The van der Waals surface area contributed by atoms with Crippen molar-refractivity contribution in [3.8, 4) is 11.3 Å². The predicted molar refractivity (Wildman–Crippen MR) is 120 cm³/mol. The molecule has 2 heterocycles. The number of hydrogen-bond acceptors (Lipinski definition) is 7. The lowest BCUT2D eigenvalue weighted by Crippen LogP contribution is -2.40. The van der Waals surface area contributed by atoms with E-state index in [9.17, 15) is 4.79 Å². The lowest BCUT2D eigenvalue weighted by Gasteiger charge is -2.20. The highest BCUT2D eigenvalue weighted by Crippen LogP contribution is 2.25. The molecule has 1 amide bonds. The van der Waals surface area contributed by atoms with Gasteiger partial charge in [0.15, 0.2) is 0 Å². The van der Waals surface area contributed by atoms with E-state index in [2.05, 4.69) is 31.2 Å². The van der Waals surface area contributed by atoms with Crippen molar-refractivity contribution in [3.63, 3.8) is 0 Å². The first-order valence-corrected chi connectivity index (χ1v) is 10.0. The number of aryl methyl sites for hydroxylation is 1. The zero-order valence-electron chi connectivity index (χ0n) is 18.8. The molecule has 0 bridgehead atoms. The van der Waals surface area contributed by atoms with Gasteiger partial charge in [0.25, 0.3) is 0 Å². The van der Waals surface area contributed by atoms with Gasteiger partial charge in [-0.3, -0.25) is 10.1 Å². The summed E-state index contributed by atoms with van der Waals surface area (Å²) in [4.78, 5) is 20.8. The summed E-state index contributed by atoms with van der Waals surface area (Å²) in [5, 5.41) is 7.46. The lowest BCUT2D eigenvalue weighted by atomic mass is 10.00. The quantitative estimate of drug-likeness (QED) is 0.518. The number of aromatic nitrogens is 4. The van der Waals surface area contributed by atoms with E-state index >= 15 is 0 Å². The van der Waals surface area contributed by atoms with Crippen LogP contribution in [0, 0.1) is 13.8 Å². The van der Waals surface area contributed by atoms with Gasteiger partial charge in [0.05, 0.1) is 23.3 Å². The summed E-state index contributed by atoms with van der Waals surface area (Å²) in [6, 6.07) is 7.86. The number of hydrogen-bond donors (Lipinski definition) is 3. The molecule has 0 aliphatic rings. The van der Waals surface area contributed by atoms with Crippen LogP contribution in [0.3, 0.4) is 0 Å². The highest BCUT2D eigenvalue weighted by Gasteiger charge is 2.16. The Morgan fingerprint density at radius 3 is 2.65 bits per heavy atom. The fraction of sp³-hybridized carbons (Fsp3) is 0.364. The molecule has 3 N–H and O–H groups in total. The second kappa shape index (κ2) is 9.13. The molecular formula is C22H29N7O2. The van der Waals surface area contributed by atoms with Gasteiger partial charge < -0.3 is 10.1 Å². The Morgan fingerprint density at radius 1 is 1.19 bits per heavy atom.